The number of aliphatic hydroxyl groups excluding tert-OH is 2. The Kier molecular flexibility index (Phi) is 2.75. The van der Waals surface area contributed by atoms with E-state index in [1.54, 1.807) is 0 Å². The zero-order valence-corrected chi connectivity index (χ0v) is 8.56. The van der Waals surface area contributed by atoms with Gasteiger partial charge in [0, 0.05) is 12.5 Å². The van der Waals surface area contributed by atoms with Crippen LogP contribution >= 0.6 is 0 Å². The van der Waals surface area contributed by atoms with Crippen LogP contribution in [0.3, 0.4) is 0 Å². The molecule has 2 heteroatoms. The van der Waals surface area contributed by atoms with Gasteiger partial charge in [0.2, 0.25) is 0 Å². The summed E-state index contributed by atoms with van der Waals surface area (Å²) in [6.45, 7) is 2.28. The quantitative estimate of drug-likeness (QED) is 0.664. The lowest BCUT2D eigenvalue weighted by Gasteiger charge is -2.39. The predicted molar refractivity (Wildman–Crippen MR) is 55.7 cm³/mol. The lowest BCUT2D eigenvalue weighted by molar-refractivity contribution is 0.0415. The van der Waals surface area contributed by atoms with Crippen LogP contribution < -0.4 is 0 Å². The fourth-order valence-electron chi connectivity index (χ4n) is 2.68. The third-order valence-electron chi connectivity index (χ3n) is 3.58. The van der Waals surface area contributed by atoms with E-state index in [2.05, 4.69) is 25.2 Å². The second-order valence-corrected chi connectivity index (χ2v) is 4.44. The minimum Gasteiger partial charge on any atom is -0.396 e. The van der Waals surface area contributed by atoms with E-state index in [1.807, 2.05) is 0 Å². The number of allylic oxidation sites excluding steroid dienone is 3. The smallest absolute Gasteiger partial charge is 0.0615 e. The van der Waals surface area contributed by atoms with Crippen molar-refractivity contribution in [2.24, 2.45) is 17.8 Å². The lowest BCUT2D eigenvalue weighted by atomic mass is 9.69. The predicted octanol–water partition coefficient (Wildman–Crippen LogP) is 1.50. The number of fused-ring (bicyclic) bond motifs is 1. The van der Waals surface area contributed by atoms with Crippen molar-refractivity contribution < 1.29 is 10.2 Å². The molecular weight excluding hydrogens is 176 g/mol. The average Bonchev–Trinajstić information content (AvgIpc) is 2.19. The molecule has 14 heavy (non-hydrogen) atoms. The molecule has 0 aliphatic heterocycles. The summed E-state index contributed by atoms with van der Waals surface area (Å²) in [4.78, 5) is 0. The van der Waals surface area contributed by atoms with Crippen LogP contribution in [0.5, 0.6) is 0 Å². The molecular formula is C12H18O2. The Morgan fingerprint density at radius 1 is 1.50 bits per heavy atom. The van der Waals surface area contributed by atoms with Gasteiger partial charge in [-0.15, -0.1) is 0 Å². The molecule has 0 aromatic heterocycles. The van der Waals surface area contributed by atoms with E-state index < -0.39 is 0 Å². The van der Waals surface area contributed by atoms with Crippen LogP contribution in [0.15, 0.2) is 23.8 Å². The number of aliphatic hydroxyl groups is 2. The number of hydrogen-bond donors (Lipinski definition) is 2. The number of rotatable bonds is 1. The monoisotopic (exact) mass is 194 g/mol. The van der Waals surface area contributed by atoms with Crippen molar-refractivity contribution in [3.05, 3.63) is 23.8 Å². The topological polar surface area (TPSA) is 40.5 Å². The summed E-state index contributed by atoms with van der Waals surface area (Å²) >= 11 is 0. The first-order chi connectivity index (χ1) is 6.74. The van der Waals surface area contributed by atoms with Crippen molar-refractivity contribution in [3.63, 3.8) is 0 Å². The van der Waals surface area contributed by atoms with Gasteiger partial charge in [0.1, 0.15) is 0 Å². The zero-order valence-electron chi connectivity index (χ0n) is 8.56. The van der Waals surface area contributed by atoms with E-state index in [-0.39, 0.29) is 24.5 Å². The van der Waals surface area contributed by atoms with Crippen molar-refractivity contribution in [3.8, 4) is 0 Å². The maximum absolute atomic E-state index is 9.94. The SMILES string of the molecule is C[C@H]1C=CC2=CCC[C@H](O)[C@@H]2[C@H]1CO. The highest BCUT2D eigenvalue weighted by Gasteiger charge is 2.36. The van der Waals surface area contributed by atoms with E-state index in [0.717, 1.165) is 12.8 Å². The summed E-state index contributed by atoms with van der Waals surface area (Å²) in [6.07, 6.45) is 7.99. The molecule has 0 radical (unpaired) electrons. The molecule has 0 fully saturated rings. The van der Waals surface area contributed by atoms with E-state index in [0.29, 0.717) is 5.92 Å². The number of hydrogen-bond acceptors (Lipinski definition) is 2. The zero-order chi connectivity index (χ0) is 10.1. The van der Waals surface area contributed by atoms with Gasteiger partial charge >= 0.3 is 0 Å². The van der Waals surface area contributed by atoms with Crippen molar-refractivity contribution in [2.75, 3.05) is 6.61 Å². The Bertz CT molecular complexity index is 267. The van der Waals surface area contributed by atoms with E-state index in [9.17, 15) is 10.2 Å². The van der Waals surface area contributed by atoms with Crippen molar-refractivity contribution in [2.45, 2.75) is 25.9 Å². The van der Waals surface area contributed by atoms with Gasteiger partial charge in [-0.25, -0.2) is 0 Å². The summed E-state index contributed by atoms with van der Waals surface area (Å²) in [5.74, 6) is 0.727. The molecule has 0 amide bonds. The fourth-order valence-corrected chi connectivity index (χ4v) is 2.68. The first kappa shape index (κ1) is 9.94. The van der Waals surface area contributed by atoms with Gasteiger partial charge in [-0.05, 0) is 30.3 Å². The summed E-state index contributed by atoms with van der Waals surface area (Å²) in [7, 11) is 0. The molecule has 0 aromatic rings. The minimum atomic E-state index is -0.264. The van der Waals surface area contributed by atoms with E-state index in [1.165, 1.54) is 5.57 Å². The lowest BCUT2D eigenvalue weighted by Crippen LogP contribution is -2.38. The Balaban J connectivity index is 2.31. The molecule has 0 spiro atoms. The molecule has 0 bridgehead atoms. The molecule has 0 unspecified atom stereocenters. The molecule has 2 N–H and O–H groups in total. The van der Waals surface area contributed by atoms with Crippen LogP contribution in [0.1, 0.15) is 19.8 Å². The summed E-state index contributed by atoms with van der Waals surface area (Å²) in [5.41, 5.74) is 1.22. The molecule has 2 nitrogen and oxygen atoms in total. The Hall–Kier alpha value is -0.600. The third kappa shape index (κ3) is 1.53. The van der Waals surface area contributed by atoms with Gasteiger partial charge in [-0.1, -0.05) is 25.2 Å². The third-order valence-corrected chi connectivity index (χ3v) is 3.58. The van der Waals surface area contributed by atoms with Gasteiger partial charge in [-0.3, -0.25) is 0 Å². The first-order valence-corrected chi connectivity index (χ1v) is 5.41. The molecule has 78 valence electrons. The second-order valence-electron chi connectivity index (χ2n) is 4.44. The fraction of sp³-hybridized carbons (Fsp3) is 0.667. The van der Waals surface area contributed by atoms with Crippen molar-refractivity contribution in [1.29, 1.82) is 0 Å². The molecule has 0 aromatic carbocycles. The second kappa shape index (κ2) is 3.87. The van der Waals surface area contributed by atoms with E-state index >= 15 is 0 Å². The van der Waals surface area contributed by atoms with Crippen LogP contribution in [0.4, 0.5) is 0 Å². The Morgan fingerprint density at radius 3 is 3.00 bits per heavy atom. The normalized spacial score (nSPS) is 41.8. The standard InChI is InChI=1S/C12H18O2/c1-8-5-6-9-3-2-4-11(14)12(9)10(8)7-13/h3,5-6,8,10-14H,2,4,7H2,1H3/t8-,10-,11-,12-/m0/s1. The molecule has 0 heterocycles. The van der Waals surface area contributed by atoms with Gasteiger partial charge in [0.25, 0.3) is 0 Å². The minimum absolute atomic E-state index is 0.161. The van der Waals surface area contributed by atoms with E-state index in [4.69, 9.17) is 0 Å². The molecule has 2 aliphatic carbocycles. The van der Waals surface area contributed by atoms with Gasteiger partial charge in [-0.2, -0.15) is 0 Å². The summed E-state index contributed by atoms with van der Waals surface area (Å²) < 4.78 is 0. The van der Waals surface area contributed by atoms with Crippen molar-refractivity contribution >= 4 is 0 Å². The maximum atomic E-state index is 9.94. The Labute approximate surface area is 85.0 Å². The van der Waals surface area contributed by atoms with Crippen molar-refractivity contribution in [1.82, 2.24) is 0 Å². The summed E-state index contributed by atoms with van der Waals surface area (Å²) in [5, 5.41) is 19.3. The largest absolute Gasteiger partial charge is 0.396 e. The molecule has 0 saturated heterocycles. The van der Waals surface area contributed by atoms with Crippen LogP contribution in [0.25, 0.3) is 0 Å². The molecule has 4 atom stereocenters. The average molecular weight is 194 g/mol. The van der Waals surface area contributed by atoms with Crippen LogP contribution in [-0.2, 0) is 0 Å². The highest BCUT2D eigenvalue weighted by Crippen LogP contribution is 2.39. The Morgan fingerprint density at radius 2 is 2.29 bits per heavy atom. The first-order valence-electron chi connectivity index (χ1n) is 5.41. The van der Waals surface area contributed by atoms with Crippen LogP contribution in [-0.4, -0.2) is 22.9 Å². The summed E-state index contributed by atoms with van der Waals surface area (Å²) in [6, 6.07) is 0. The van der Waals surface area contributed by atoms with Gasteiger partial charge in [0.15, 0.2) is 0 Å². The highest BCUT2D eigenvalue weighted by atomic mass is 16.3. The van der Waals surface area contributed by atoms with Crippen LogP contribution in [0.2, 0.25) is 0 Å². The highest BCUT2D eigenvalue weighted by molar-refractivity contribution is 5.30. The van der Waals surface area contributed by atoms with Gasteiger partial charge < -0.3 is 10.2 Å². The molecule has 2 rings (SSSR count). The molecule has 0 saturated carbocycles. The maximum Gasteiger partial charge on any atom is 0.0615 e. The van der Waals surface area contributed by atoms with Gasteiger partial charge in [0.05, 0.1) is 6.10 Å². The van der Waals surface area contributed by atoms with Crippen LogP contribution in [0, 0.1) is 17.8 Å². The molecule has 2 aliphatic rings.